The van der Waals surface area contributed by atoms with Gasteiger partial charge < -0.3 is 10.2 Å². The van der Waals surface area contributed by atoms with Crippen molar-refractivity contribution in [1.82, 2.24) is 10.2 Å². The molecule has 0 saturated carbocycles. The van der Waals surface area contributed by atoms with E-state index < -0.39 is 5.41 Å². The SMILES string of the molecule is CCC(C)(C#N)C(=O)NCC(=O)N1CCCC1. The first-order valence-corrected chi connectivity index (χ1v) is 6.01. The van der Waals surface area contributed by atoms with Crippen molar-refractivity contribution in [1.29, 1.82) is 5.26 Å². The average Bonchev–Trinajstić information content (AvgIpc) is 2.88. The first kappa shape index (κ1) is 13.5. The number of rotatable bonds is 4. The molecule has 0 spiro atoms. The standard InChI is InChI=1S/C12H19N3O2/c1-3-12(2,9-13)11(17)14-8-10(16)15-6-4-5-7-15/h3-8H2,1-2H3,(H,14,17). The number of nitrogens with one attached hydrogen (secondary N) is 1. The number of hydrogen-bond acceptors (Lipinski definition) is 3. The van der Waals surface area contributed by atoms with E-state index in [0.717, 1.165) is 25.9 Å². The van der Waals surface area contributed by atoms with Gasteiger partial charge in [0, 0.05) is 13.1 Å². The highest BCUT2D eigenvalue weighted by atomic mass is 16.2. The predicted molar refractivity (Wildman–Crippen MR) is 62.8 cm³/mol. The van der Waals surface area contributed by atoms with Crippen LogP contribution < -0.4 is 5.32 Å². The Bertz CT molecular complexity index is 342. The van der Waals surface area contributed by atoms with Gasteiger partial charge in [-0.3, -0.25) is 9.59 Å². The Kier molecular flexibility index (Phi) is 4.50. The Morgan fingerprint density at radius 3 is 2.47 bits per heavy atom. The minimum atomic E-state index is -1.04. The van der Waals surface area contributed by atoms with Crippen LogP contribution in [0.3, 0.4) is 0 Å². The third-order valence-corrected chi connectivity index (χ3v) is 3.31. The third kappa shape index (κ3) is 3.19. The molecule has 1 atom stereocenters. The van der Waals surface area contributed by atoms with E-state index in [0.29, 0.717) is 6.42 Å². The Hall–Kier alpha value is -1.57. The highest BCUT2D eigenvalue weighted by molar-refractivity contribution is 5.89. The zero-order valence-corrected chi connectivity index (χ0v) is 10.5. The summed E-state index contributed by atoms with van der Waals surface area (Å²) < 4.78 is 0. The lowest BCUT2D eigenvalue weighted by molar-refractivity contribution is -0.134. The van der Waals surface area contributed by atoms with Crippen molar-refractivity contribution in [2.75, 3.05) is 19.6 Å². The van der Waals surface area contributed by atoms with Gasteiger partial charge in [0.2, 0.25) is 11.8 Å². The van der Waals surface area contributed by atoms with Gasteiger partial charge in [0.15, 0.2) is 0 Å². The molecule has 1 aliphatic heterocycles. The van der Waals surface area contributed by atoms with Gasteiger partial charge in [-0.2, -0.15) is 5.26 Å². The minimum Gasteiger partial charge on any atom is -0.346 e. The van der Waals surface area contributed by atoms with Crippen molar-refractivity contribution in [2.45, 2.75) is 33.1 Å². The summed E-state index contributed by atoms with van der Waals surface area (Å²) >= 11 is 0. The molecule has 1 heterocycles. The molecule has 1 aliphatic rings. The summed E-state index contributed by atoms with van der Waals surface area (Å²) in [6, 6.07) is 1.98. The molecule has 1 unspecified atom stereocenters. The molecule has 1 saturated heterocycles. The van der Waals surface area contributed by atoms with Crippen LogP contribution in [0.5, 0.6) is 0 Å². The molecule has 17 heavy (non-hydrogen) atoms. The predicted octanol–water partition coefficient (Wildman–Crippen LogP) is 0.665. The largest absolute Gasteiger partial charge is 0.346 e. The molecule has 2 amide bonds. The van der Waals surface area contributed by atoms with E-state index in [4.69, 9.17) is 5.26 Å². The van der Waals surface area contributed by atoms with Crippen molar-refractivity contribution in [3.05, 3.63) is 0 Å². The maximum absolute atomic E-state index is 11.7. The van der Waals surface area contributed by atoms with Crippen molar-refractivity contribution in [3.8, 4) is 6.07 Å². The average molecular weight is 237 g/mol. The maximum Gasteiger partial charge on any atom is 0.241 e. The fourth-order valence-electron chi connectivity index (χ4n) is 1.72. The topological polar surface area (TPSA) is 73.2 Å². The molecule has 1 fully saturated rings. The van der Waals surface area contributed by atoms with E-state index in [2.05, 4.69) is 5.32 Å². The molecule has 94 valence electrons. The van der Waals surface area contributed by atoms with E-state index in [1.54, 1.807) is 18.7 Å². The lowest BCUT2D eigenvalue weighted by Gasteiger charge is -2.20. The second-order valence-electron chi connectivity index (χ2n) is 4.57. The van der Waals surface area contributed by atoms with Crippen LogP contribution in [0.25, 0.3) is 0 Å². The van der Waals surface area contributed by atoms with E-state index in [1.165, 1.54) is 0 Å². The summed E-state index contributed by atoms with van der Waals surface area (Å²) in [6.45, 7) is 4.92. The summed E-state index contributed by atoms with van der Waals surface area (Å²) in [5, 5.41) is 11.5. The number of amides is 2. The number of likely N-dealkylation sites (tertiary alicyclic amines) is 1. The molecule has 0 aliphatic carbocycles. The van der Waals surface area contributed by atoms with Gasteiger partial charge in [-0.1, -0.05) is 6.92 Å². The summed E-state index contributed by atoms with van der Waals surface area (Å²) in [6.07, 6.45) is 2.50. The Balaban J connectivity index is 2.43. The van der Waals surface area contributed by atoms with Gasteiger partial charge >= 0.3 is 0 Å². The Labute approximate surface area is 102 Å². The van der Waals surface area contributed by atoms with Crippen LogP contribution in [0.4, 0.5) is 0 Å². The zero-order valence-electron chi connectivity index (χ0n) is 10.5. The number of hydrogen-bond donors (Lipinski definition) is 1. The normalized spacial score (nSPS) is 18.3. The molecule has 1 rings (SSSR count). The number of nitriles is 1. The molecular weight excluding hydrogens is 218 g/mol. The quantitative estimate of drug-likeness (QED) is 0.780. The highest BCUT2D eigenvalue weighted by Gasteiger charge is 2.31. The fraction of sp³-hybridized carbons (Fsp3) is 0.750. The lowest BCUT2D eigenvalue weighted by atomic mass is 9.88. The van der Waals surface area contributed by atoms with Crippen LogP contribution in [-0.4, -0.2) is 36.3 Å². The molecule has 5 nitrogen and oxygen atoms in total. The summed E-state index contributed by atoms with van der Waals surface area (Å²) in [7, 11) is 0. The number of carbonyl (C=O) groups excluding carboxylic acids is 2. The smallest absolute Gasteiger partial charge is 0.241 e. The first-order valence-electron chi connectivity index (χ1n) is 6.01. The van der Waals surface area contributed by atoms with Crippen molar-refractivity contribution < 1.29 is 9.59 Å². The van der Waals surface area contributed by atoms with Crippen LogP contribution >= 0.6 is 0 Å². The van der Waals surface area contributed by atoms with Gasteiger partial charge in [0.25, 0.3) is 0 Å². The van der Waals surface area contributed by atoms with Gasteiger partial charge in [-0.05, 0) is 26.2 Å². The van der Waals surface area contributed by atoms with Crippen LogP contribution in [0.1, 0.15) is 33.1 Å². The zero-order chi connectivity index (χ0) is 12.9. The summed E-state index contributed by atoms with van der Waals surface area (Å²) in [5.41, 5.74) is -1.04. The highest BCUT2D eigenvalue weighted by Crippen LogP contribution is 2.19. The Morgan fingerprint density at radius 2 is 2.00 bits per heavy atom. The molecule has 1 N–H and O–H groups in total. The third-order valence-electron chi connectivity index (χ3n) is 3.31. The first-order chi connectivity index (χ1) is 8.03. The molecular formula is C12H19N3O2. The van der Waals surface area contributed by atoms with Crippen LogP contribution in [0.2, 0.25) is 0 Å². The summed E-state index contributed by atoms with van der Waals surface area (Å²) in [5.74, 6) is -0.428. The van der Waals surface area contributed by atoms with Crippen molar-refractivity contribution in [3.63, 3.8) is 0 Å². The maximum atomic E-state index is 11.7. The number of nitrogens with zero attached hydrogens (tertiary/aromatic N) is 2. The molecule has 0 radical (unpaired) electrons. The van der Waals surface area contributed by atoms with Crippen LogP contribution in [0, 0.1) is 16.7 Å². The van der Waals surface area contributed by atoms with Crippen LogP contribution in [0.15, 0.2) is 0 Å². The summed E-state index contributed by atoms with van der Waals surface area (Å²) in [4.78, 5) is 25.2. The molecule has 5 heteroatoms. The van der Waals surface area contributed by atoms with Gasteiger partial charge in [-0.25, -0.2) is 0 Å². The minimum absolute atomic E-state index is 0.00387. The van der Waals surface area contributed by atoms with Crippen molar-refractivity contribution >= 4 is 11.8 Å². The second-order valence-corrected chi connectivity index (χ2v) is 4.57. The van der Waals surface area contributed by atoms with Crippen molar-refractivity contribution in [2.24, 2.45) is 5.41 Å². The van der Waals surface area contributed by atoms with Gasteiger partial charge in [-0.15, -0.1) is 0 Å². The Morgan fingerprint density at radius 1 is 1.41 bits per heavy atom. The number of carbonyl (C=O) groups is 2. The second kappa shape index (κ2) is 5.67. The van der Waals surface area contributed by atoms with E-state index in [9.17, 15) is 9.59 Å². The van der Waals surface area contributed by atoms with E-state index in [1.807, 2.05) is 6.07 Å². The van der Waals surface area contributed by atoms with Crippen LogP contribution in [-0.2, 0) is 9.59 Å². The van der Waals surface area contributed by atoms with E-state index in [-0.39, 0.29) is 18.4 Å². The molecule has 0 bridgehead atoms. The monoisotopic (exact) mass is 237 g/mol. The molecule has 0 aromatic carbocycles. The van der Waals surface area contributed by atoms with Gasteiger partial charge in [0.05, 0.1) is 12.6 Å². The molecule has 0 aromatic rings. The van der Waals surface area contributed by atoms with E-state index >= 15 is 0 Å². The fourth-order valence-corrected chi connectivity index (χ4v) is 1.72. The lowest BCUT2D eigenvalue weighted by Crippen LogP contribution is -2.43. The molecule has 0 aromatic heterocycles. The van der Waals surface area contributed by atoms with Gasteiger partial charge in [0.1, 0.15) is 5.41 Å².